The number of hydrogen-bond acceptors (Lipinski definition) is 18. The summed E-state index contributed by atoms with van der Waals surface area (Å²) in [5.41, 5.74) is 0.00305. The summed E-state index contributed by atoms with van der Waals surface area (Å²) in [6.45, 7) is 3.99. The number of aliphatic hydroxyl groups is 5. The van der Waals surface area contributed by atoms with Crippen molar-refractivity contribution in [2.24, 2.45) is 56.4 Å². The van der Waals surface area contributed by atoms with Crippen LogP contribution in [0.25, 0.3) is 44.7 Å². The maximum absolute atomic E-state index is 12.4. The fourth-order valence-electron chi connectivity index (χ4n) is 9.07. The van der Waals surface area contributed by atoms with Crippen molar-refractivity contribution in [1.82, 2.24) is 74.7 Å². The zero-order valence-corrected chi connectivity index (χ0v) is 47.9. The molecule has 4 unspecified atom stereocenters. The first-order valence-corrected chi connectivity index (χ1v) is 26.7. The number of aliphatic carboxylic acids is 1. The third-order valence-corrected chi connectivity index (χ3v) is 13.9. The molecular weight excluding hydrogens is 1080 g/mol. The summed E-state index contributed by atoms with van der Waals surface area (Å²) in [6.07, 6.45) is 8.67. The van der Waals surface area contributed by atoms with Crippen molar-refractivity contribution >= 4 is 50.6 Å². The Morgan fingerprint density at radius 2 is 0.732 bits per heavy atom. The summed E-state index contributed by atoms with van der Waals surface area (Å²) < 4.78 is 16.5. The Bertz CT molecular complexity index is 4020. The first-order valence-electron chi connectivity index (χ1n) is 26.7. The van der Waals surface area contributed by atoms with Crippen LogP contribution in [0.5, 0.6) is 0 Å². The average molecular weight is 1150 g/mol. The van der Waals surface area contributed by atoms with Gasteiger partial charge in [0.05, 0.1) is 56.3 Å². The number of carbonyl (C=O) groups is 1. The fourth-order valence-corrected chi connectivity index (χ4v) is 9.07. The molecular formula is C51H76N16O15. The minimum atomic E-state index is -0.882. The monoisotopic (exact) mass is 1150 g/mol. The molecule has 0 radical (unpaired) electrons. The van der Waals surface area contributed by atoms with Crippen molar-refractivity contribution in [2.75, 3.05) is 6.61 Å². The molecule has 0 bridgehead atoms. The molecule has 8 rings (SSSR count). The molecule has 0 aliphatic rings. The van der Waals surface area contributed by atoms with Gasteiger partial charge in [-0.3, -0.25) is 60.5 Å². The lowest BCUT2D eigenvalue weighted by Crippen LogP contribution is -2.39. The normalized spacial score (nSPS) is 12.9. The summed E-state index contributed by atoms with van der Waals surface area (Å²) in [5.74, 6) is -0.882. The van der Waals surface area contributed by atoms with E-state index >= 15 is 0 Å². The van der Waals surface area contributed by atoms with Gasteiger partial charge in [0.25, 0.3) is 22.2 Å². The first kappa shape index (κ1) is 64.7. The van der Waals surface area contributed by atoms with Crippen molar-refractivity contribution in [1.29, 1.82) is 0 Å². The van der Waals surface area contributed by atoms with Crippen LogP contribution >= 0.6 is 0 Å². The van der Waals surface area contributed by atoms with Gasteiger partial charge in [-0.1, -0.05) is 0 Å². The zero-order chi connectivity index (χ0) is 61.0. The SMILES string of the molecule is CC(O)C(O)CCCn1c(=O)c2c(ncn2C)n(C)c1=O.CC(O)CCCCn1c(=O)c2c(ncn2C)n(C)c1=O.Cn1cnc2c1c(=O)n(CCCCC(=O)O)c(=O)n2C.Cn1cnc2c1c(=O)n(CCCCC(O)CO)c(=O)n2C. The van der Waals surface area contributed by atoms with E-state index in [4.69, 9.17) is 10.2 Å². The van der Waals surface area contributed by atoms with Gasteiger partial charge >= 0.3 is 28.7 Å². The standard InChI is InChI=1S/2C13H20N4O4.C13H20N4O3.C12H16N4O4/c1-8(18)9(19)5-4-6-17-12(20)10-11(14-7-15(10)2)16(3)13(17)21;1-15-8-14-11-10(15)12(20)17(13(21)16(11)2)6-4-3-5-9(19)7-18;1-9(18)6-4-5-7-17-12(19)10-11(14-8-15(10)2)16(3)13(17)20;1-14-7-13-10-9(14)11(19)16(12(20)15(10)2)6-4-3-5-8(17)18/h7-9,18-19H,4-6H2,1-3H3;8-9,18-19H,3-7H2,1-2H3;8-9,18H,4-7H2,1-3H3;7H,3-6H2,1-2H3,(H,17,18). The van der Waals surface area contributed by atoms with Crippen molar-refractivity contribution < 1.29 is 35.4 Å². The lowest BCUT2D eigenvalue weighted by Gasteiger charge is -2.13. The van der Waals surface area contributed by atoms with Crippen LogP contribution in [-0.4, -0.2) is 142 Å². The minimum Gasteiger partial charge on any atom is -0.481 e. The molecule has 8 heterocycles. The molecule has 31 nitrogen and oxygen atoms in total. The van der Waals surface area contributed by atoms with Crippen molar-refractivity contribution in [3.63, 3.8) is 0 Å². The first-order chi connectivity index (χ1) is 38.7. The van der Waals surface area contributed by atoms with Gasteiger partial charge in [-0.2, -0.15) is 0 Å². The average Bonchev–Trinajstić information content (AvgIpc) is 4.41. The Hall–Kier alpha value is -8.13. The van der Waals surface area contributed by atoms with Crippen LogP contribution in [0.3, 0.4) is 0 Å². The summed E-state index contributed by atoms with van der Waals surface area (Å²) in [7, 11) is 13.2. The third kappa shape index (κ3) is 14.7. The van der Waals surface area contributed by atoms with Gasteiger partial charge in [0, 0.05) is 89.0 Å². The predicted octanol–water partition coefficient (Wildman–Crippen LogP) is -2.41. The Morgan fingerprint density at radius 1 is 0.439 bits per heavy atom. The van der Waals surface area contributed by atoms with Crippen LogP contribution in [0.4, 0.5) is 0 Å². The van der Waals surface area contributed by atoms with E-state index in [0.717, 1.165) is 15.6 Å². The molecule has 0 saturated carbocycles. The molecule has 0 aliphatic heterocycles. The van der Waals surface area contributed by atoms with Crippen LogP contribution in [0.2, 0.25) is 0 Å². The van der Waals surface area contributed by atoms with Gasteiger partial charge < -0.3 is 48.9 Å². The van der Waals surface area contributed by atoms with Crippen LogP contribution in [-0.2, 0) is 87.4 Å². The number of aromatic nitrogens is 16. The van der Waals surface area contributed by atoms with E-state index in [1.165, 1.54) is 59.6 Å². The Labute approximate surface area is 466 Å². The quantitative estimate of drug-likeness (QED) is 0.0408. The molecule has 8 aromatic rings. The highest BCUT2D eigenvalue weighted by molar-refractivity contribution is 5.72. The van der Waals surface area contributed by atoms with Crippen molar-refractivity contribution in [3.8, 4) is 0 Å². The van der Waals surface area contributed by atoms with Crippen LogP contribution in [0.15, 0.2) is 63.7 Å². The molecule has 8 aromatic heterocycles. The van der Waals surface area contributed by atoms with Gasteiger partial charge in [-0.05, 0) is 78.1 Å². The van der Waals surface area contributed by atoms with E-state index < -0.39 is 46.9 Å². The molecule has 0 fully saturated rings. The zero-order valence-electron chi connectivity index (χ0n) is 47.9. The smallest absolute Gasteiger partial charge is 0.332 e. The van der Waals surface area contributed by atoms with Gasteiger partial charge in [-0.25, -0.2) is 39.1 Å². The number of imidazole rings is 4. The Morgan fingerprint density at radius 3 is 1.01 bits per heavy atom. The van der Waals surface area contributed by atoms with Crippen molar-refractivity contribution in [3.05, 3.63) is 109 Å². The number of carboxylic acid groups (broad SMARTS) is 1. The maximum Gasteiger partial charge on any atom is 0.332 e. The third-order valence-electron chi connectivity index (χ3n) is 13.9. The molecule has 0 saturated heterocycles. The van der Waals surface area contributed by atoms with E-state index in [9.17, 15) is 63.6 Å². The minimum absolute atomic E-state index is 0.0308. The lowest BCUT2D eigenvalue weighted by molar-refractivity contribution is -0.137. The molecule has 4 atom stereocenters. The second-order valence-electron chi connectivity index (χ2n) is 20.3. The molecule has 6 N–H and O–H groups in total. The van der Waals surface area contributed by atoms with Crippen LogP contribution in [0.1, 0.15) is 84.5 Å². The van der Waals surface area contributed by atoms with E-state index in [1.807, 2.05) is 0 Å². The highest BCUT2D eigenvalue weighted by Gasteiger charge is 2.19. The summed E-state index contributed by atoms with van der Waals surface area (Å²) in [4.78, 5) is 125. The summed E-state index contributed by atoms with van der Waals surface area (Å²) >= 11 is 0. The van der Waals surface area contributed by atoms with Crippen LogP contribution < -0.4 is 45.0 Å². The number of rotatable bonds is 21. The molecule has 450 valence electrons. The van der Waals surface area contributed by atoms with Gasteiger partial charge in [0.15, 0.2) is 44.7 Å². The van der Waals surface area contributed by atoms with Gasteiger partial charge in [-0.15, -0.1) is 0 Å². The topological polar surface area (TPSA) is 386 Å². The van der Waals surface area contributed by atoms with Crippen LogP contribution in [0, 0.1) is 0 Å². The highest BCUT2D eigenvalue weighted by Crippen LogP contribution is 2.09. The number of aryl methyl sites for hydroxylation is 8. The number of aliphatic hydroxyl groups excluding tert-OH is 5. The molecule has 0 aliphatic carbocycles. The molecule has 0 aromatic carbocycles. The number of hydrogen-bond donors (Lipinski definition) is 6. The molecule has 31 heteroatoms. The molecule has 0 spiro atoms. The van der Waals surface area contributed by atoms with E-state index in [1.54, 1.807) is 81.6 Å². The Balaban J connectivity index is 0.000000200. The van der Waals surface area contributed by atoms with E-state index in [2.05, 4.69) is 19.9 Å². The second-order valence-corrected chi connectivity index (χ2v) is 20.3. The predicted molar refractivity (Wildman–Crippen MR) is 302 cm³/mol. The van der Waals surface area contributed by atoms with E-state index in [-0.39, 0.29) is 61.1 Å². The fraction of sp³-hybridized carbons (Fsp3) is 0.588. The Kier molecular flexibility index (Phi) is 22.5. The largest absolute Gasteiger partial charge is 0.481 e. The van der Waals surface area contributed by atoms with E-state index in [0.29, 0.717) is 109 Å². The lowest BCUT2D eigenvalue weighted by atomic mass is 10.1. The highest BCUT2D eigenvalue weighted by atomic mass is 16.4. The molecule has 82 heavy (non-hydrogen) atoms. The number of nitrogens with zero attached hydrogens (tertiary/aromatic N) is 16. The number of unbranched alkanes of at least 4 members (excludes halogenated alkanes) is 3. The summed E-state index contributed by atoms with van der Waals surface area (Å²) in [6, 6.07) is 0. The van der Waals surface area contributed by atoms with Gasteiger partial charge in [0.1, 0.15) is 0 Å². The maximum atomic E-state index is 12.4. The number of carboxylic acids is 1. The summed E-state index contributed by atoms with van der Waals surface area (Å²) in [5, 5.41) is 54.5. The number of fused-ring (bicyclic) bond motifs is 4. The van der Waals surface area contributed by atoms with Gasteiger partial charge in [0.2, 0.25) is 0 Å². The van der Waals surface area contributed by atoms with Crippen molar-refractivity contribution in [2.45, 2.75) is 135 Å². The molecule has 0 amide bonds. The second kappa shape index (κ2) is 28.5.